The van der Waals surface area contributed by atoms with Crippen LogP contribution < -0.4 is 0 Å². The maximum atomic E-state index is 12.1. The highest BCUT2D eigenvalue weighted by atomic mass is 16.5. The minimum Gasteiger partial charge on any atom is -0.381 e. The van der Waals surface area contributed by atoms with Crippen LogP contribution in [0.2, 0.25) is 0 Å². The first-order chi connectivity index (χ1) is 7.18. The van der Waals surface area contributed by atoms with Crippen molar-refractivity contribution in [1.29, 1.82) is 0 Å². The van der Waals surface area contributed by atoms with Gasteiger partial charge in [0.15, 0.2) is 5.78 Å². The number of hydrogen-bond acceptors (Lipinski definition) is 3. The molecule has 1 fully saturated rings. The molecule has 0 saturated carbocycles. The fourth-order valence-electron chi connectivity index (χ4n) is 2.02. The lowest BCUT2D eigenvalue weighted by molar-refractivity contribution is 0.0544. The third-order valence-corrected chi connectivity index (χ3v) is 2.87. The zero-order valence-corrected chi connectivity index (χ0v) is 9.19. The Labute approximate surface area is 89.2 Å². The molecule has 1 saturated heterocycles. The molecule has 4 nitrogen and oxygen atoms in total. The summed E-state index contributed by atoms with van der Waals surface area (Å²) in [5.41, 5.74) is 1.60. The number of aryl methyl sites for hydroxylation is 2. The van der Waals surface area contributed by atoms with E-state index in [1.165, 1.54) is 0 Å². The number of aromatic nitrogens is 2. The van der Waals surface area contributed by atoms with Gasteiger partial charge in [-0.15, -0.1) is 0 Å². The standard InChI is InChI=1S/C11H16N2O2/c1-8-10(7-13(2)12-8)11(14)9-3-5-15-6-4-9/h7,9H,3-6H2,1-2H3. The van der Waals surface area contributed by atoms with Crippen molar-refractivity contribution in [2.45, 2.75) is 19.8 Å². The molecule has 0 spiro atoms. The predicted molar refractivity (Wildman–Crippen MR) is 55.8 cm³/mol. The van der Waals surface area contributed by atoms with E-state index in [1.54, 1.807) is 4.68 Å². The molecular weight excluding hydrogens is 192 g/mol. The number of rotatable bonds is 2. The lowest BCUT2D eigenvalue weighted by atomic mass is 9.91. The molecule has 0 amide bonds. The van der Waals surface area contributed by atoms with Gasteiger partial charge in [0.2, 0.25) is 0 Å². The van der Waals surface area contributed by atoms with E-state index in [0.29, 0.717) is 13.2 Å². The summed E-state index contributed by atoms with van der Waals surface area (Å²) in [4.78, 5) is 12.1. The first-order valence-electron chi connectivity index (χ1n) is 5.30. The molecule has 0 radical (unpaired) electrons. The average Bonchev–Trinajstić information content (AvgIpc) is 2.58. The van der Waals surface area contributed by atoms with Crippen molar-refractivity contribution < 1.29 is 9.53 Å². The molecule has 1 aromatic heterocycles. The third-order valence-electron chi connectivity index (χ3n) is 2.87. The number of ether oxygens (including phenoxy) is 1. The topological polar surface area (TPSA) is 44.1 Å². The van der Waals surface area contributed by atoms with Crippen molar-refractivity contribution in [1.82, 2.24) is 9.78 Å². The number of hydrogen-bond donors (Lipinski definition) is 0. The van der Waals surface area contributed by atoms with Crippen molar-refractivity contribution in [3.8, 4) is 0 Å². The fourth-order valence-corrected chi connectivity index (χ4v) is 2.02. The largest absolute Gasteiger partial charge is 0.381 e. The van der Waals surface area contributed by atoms with Gasteiger partial charge in [-0.05, 0) is 19.8 Å². The molecule has 1 aliphatic heterocycles. The van der Waals surface area contributed by atoms with Crippen LogP contribution in [0, 0.1) is 12.8 Å². The number of nitrogens with zero attached hydrogens (tertiary/aromatic N) is 2. The Kier molecular flexibility index (Phi) is 2.86. The first kappa shape index (κ1) is 10.4. The van der Waals surface area contributed by atoms with Gasteiger partial charge >= 0.3 is 0 Å². The second-order valence-corrected chi connectivity index (χ2v) is 4.05. The van der Waals surface area contributed by atoms with Gasteiger partial charge in [0.05, 0.1) is 11.3 Å². The van der Waals surface area contributed by atoms with Crippen LogP contribution in [0.1, 0.15) is 28.9 Å². The molecule has 82 valence electrons. The molecule has 1 aliphatic rings. The summed E-state index contributed by atoms with van der Waals surface area (Å²) in [5.74, 6) is 0.352. The minimum atomic E-state index is 0.127. The van der Waals surface area contributed by atoms with E-state index in [0.717, 1.165) is 24.1 Å². The summed E-state index contributed by atoms with van der Waals surface area (Å²) in [6.45, 7) is 3.29. The van der Waals surface area contributed by atoms with Gasteiger partial charge < -0.3 is 4.74 Å². The monoisotopic (exact) mass is 208 g/mol. The molecule has 2 heterocycles. The molecular formula is C11H16N2O2. The minimum absolute atomic E-state index is 0.127. The van der Waals surface area contributed by atoms with Crippen molar-refractivity contribution in [2.24, 2.45) is 13.0 Å². The van der Waals surface area contributed by atoms with Crippen LogP contribution in [0.5, 0.6) is 0 Å². The molecule has 0 N–H and O–H groups in total. The van der Waals surface area contributed by atoms with E-state index >= 15 is 0 Å². The summed E-state index contributed by atoms with van der Waals surface area (Å²) in [6.07, 6.45) is 3.49. The highest BCUT2D eigenvalue weighted by Crippen LogP contribution is 2.21. The van der Waals surface area contributed by atoms with E-state index in [4.69, 9.17) is 4.74 Å². The fraction of sp³-hybridized carbons (Fsp3) is 0.636. The number of Topliss-reactive ketones (excluding diaryl/α,β-unsaturated/α-hetero) is 1. The third kappa shape index (κ3) is 2.09. The molecule has 0 bridgehead atoms. The number of carbonyl (C=O) groups excluding carboxylic acids is 1. The quantitative estimate of drug-likeness (QED) is 0.689. The average molecular weight is 208 g/mol. The maximum Gasteiger partial charge on any atom is 0.169 e. The van der Waals surface area contributed by atoms with Crippen molar-refractivity contribution >= 4 is 5.78 Å². The van der Waals surface area contributed by atoms with Crippen molar-refractivity contribution in [3.63, 3.8) is 0 Å². The van der Waals surface area contributed by atoms with Crippen LogP contribution in [-0.4, -0.2) is 28.8 Å². The molecule has 1 aromatic rings. The van der Waals surface area contributed by atoms with Gasteiger partial charge in [-0.2, -0.15) is 5.10 Å². The Morgan fingerprint density at radius 2 is 2.20 bits per heavy atom. The molecule has 0 atom stereocenters. The lowest BCUT2D eigenvalue weighted by Crippen LogP contribution is -2.23. The maximum absolute atomic E-state index is 12.1. The molecule has 0 aromatic carbocycles. The summed E-state index contributed by atoms with van der Waals surface area (Å²) in [6, 6.07) is 0. The van der Waals surface area contributed by atoms with Crippen LogP contribution in [0.15, 0.2) is 6.20 Å². The van der Waals surface area contributed by atoms with Gasteiger partial charge in [-0.1, -0.05) is 0 Å². The second kappa shape index (κ2) is 4.14. The van der Waals surface area contributed by atoms with Gasteiger partial charge in [-0.3, -0.25) is 9.48 Å². The number of carbonyl (C=O) groups is 1. The van der Waals surface area contributed by atoms with Crippen LogP contribution >= 0.6 is 0 Å². The van der Waals surface area contributed by atoms with Gasteiger partial charge in [0.25, 0.3) is 0 Å². The van der Waals surface area contributed by atoms with Gasteiger partial charge in [-0.25, -0.2) is 0 Å². The zero-order valence-electron chi connectivity index (χ0n) is 9.19. The lowest BCUT2D eigenvalue weighted by Gasteiger charge is -2.20. The van der Waals surface area contributed by atoms with Crippen molar-refractivity contribution in [3.05, 3.63) is 17.5 Å². The molecule has 0 aliphatic carbocycles. The summed E-state index contributed by atoms with van der Waals surface area (Å²) in [7, 11) is 1.84. The Balaban J connectivity index is 2.16. The Morgan fingerprint density at radius 1 is 1.53 bits per heavy atom. The highest BCUT2D eigenvalue weighted by Gasteiger charge is 2.25. The normalized spacial score (nSPS) is 18.0. The second-order valence-electron chi connectivity index (χ2n) is 4.05. The molecule has 2 rings (SSSR count). The smallest absolute Gasteiger partial charge is 0.169 e. The predicted octanol–water partition coefficient (Wildman–Crippen LogP) is 1.34. The van der Waals surface area contributed by atoms with Crippen molar-refractivity contribution in [2.75, 3.05) is 13.2 Å². The van der Waals surface area contributed by atoms with E-state index in [2.05, 4.69) is 5.10 Å². The Hall–Kier alpha value is -1.16. The Bertz CT molecular complexity index is 365. The van der Waals surface area contributed by atoms with Crippen LogP contribution in [0.3, 0.4) is 0 Å². The zero-order chi connectivity index (χ0) is 10.8. The van der Waals surface area contributed by atoms with E-state index < -0.39 is 0 Å². The van der Waals surface area contributed by atoms with Crippen LogP contribution in [0.25, 0.3) is 0 Å². The van der Waals surface area contributed by atoms with Crippen LogP contribution in [0.4, 0.5) is 0 Å². The summed E-state index contributed by atoms with van der Waals surface area (Å²) >= 11 is 0. The first-order valence-corrected chi connectivity index (χ1v) is 5.30. The Morgan fingerprint density at radius 3 is 2.73 bits per heavy atom. The van der Waals surface area contributed by atoms with Crippen LogP contribution in [-0.2, 0) is 11.8 Å². The van der Waals surface area contributed by atoms with Gasteiger partial charge in [0, 0.05) is 32.4 Å². The number of ketones is 1. The van der Waals surface area contributed by atoms with E-state index in [-0.39, 0.29) is 11.7 Å². The SMILES string of the molecule is Cc1nn(C)cc1C(=O)C1CCOCC1. The highest BCUT2D eigenvalue weighted by molar-refractivity contribution is 5.98. The van der Waals surface area contributed by atoms with E-state index in [9.17, 15) is 4.79 Å². The summed E-state index contributed by atoms with van der Waals surface area (Å²) < 4.78 is 6.94. The molecule has 4 heteroatoms. The van der Waals surface area contributed by atoms with E-state index in [1.807, 2.05) is 20.2 Å². The molecule has 0 unspecified atom stereocenters. The molecule has 15 heavy (non-hydrogen) atoms. The van der Waals surface area contributed by atoms with Gasteiger partial charge in [0.1, 0.15) is 0 Å². The summed E-state index contributed by atoms with van der Waals surface area (Å²) in [5, 5.41) is 4.19.